The molecule has 1 amide bonds. The second-order valence-electron chi connectivity index (χ2n) is 7.09. The molecule has 2 aromatic rings. The first kappa shape index (κ1) is 22.1. The Morgan fingerprint density at radius 1 is 1.18 bits per heavy atom. The Bertz CT molecular complexity index is 770. The third-order valence-corrected chi connectivity index (χ3v) is 5.76. The SMILES string of the molecule is CCCCCC(=O)N(C)Cc1cc(-c2ccc(C[C@H](NC)C(=O)O)cc2)cs1. The van der Waals surface area contributed by atoms with Gasteiger partial charge < -0.3 is 15.3 Å². The number of nitrogens with zero attached hydrogens (tertiary/aromatic N) is 1. The average molecular weight is 403 g/mol. The molecule has 0 saturated carbocycles. The molecule has 2 rings (SSSR count). The van der Waals surface area contributed by atoms with Crippen LogP contribution in [0.4, 0.5) is 0 Å². The number of carbonyl (C=O) groups is 2. The van der Waals surface area contributed by atoms with E-state index in [0.717, 1.165) is 40.8 Å². The Labute approximate surface area is 171 Å². The Morgan fingerprint density at radius 3 is 2.50 bits per heavy atom. The van der Waals surface area contributed by atoms with Gasteiger partial charge in [-0.25, -0.2) is 0 Å². The van der Waals surface area contributed by atoms with Gasteiger partial charge in [0, 0.05) is 18.3 Å². The summed E-state index contributed by atoms with van der Waals surface area (Å²) in [5.41, 5.74) is 3.21. The molecule has 1 atom stereocenters. The van der Waals surface area contributed by atoms with Gasteiger partial charge in [0.2, 0.25) is 5.91 Å². The minimum absolute atomic E-state index is 0.199. The molecule has 0 fully saturated rings. The van der Waals surface area contributed by atoms with Gasteiger partial charge >= 0.3 is 5.97 Å². The number of benzene rings is 1. The summed E-state index contributed by atoms with van der Waals surface area (Å²) in [7, 11) is 3.52. The van der Waals surface area contributed by atoms with Crippen molar-refractivity contribution in [1.29, 1.82) is 0 Å². The zero-order valence-corrected chi connectivity index (χ0v) is 17.7. The summed E-state index contributed by atoms with van der Waals surface area (Å²) < 4.78 is 0. The van der Waals surface area contributed by atoms with Crippen LogP contribution in [0.2, 0.25) is 0 Å². The first-order chi connectivity index (χ1) is 13.4. The number of carboxylic acid groups (broad SMARTS) is 1. The Morgan fingerprint density at radius 2 is 1.89 bits per heavy atom. The smallest absolute Gasteiger partial charge is 0.321 e. The van der Waals surface area contributed by atoms with Crippen LogP contribution in [0.15, 0.2) is 35.7 Å². The molecule has 1 aromatic carbocycles. The highest BCUT2D eigenvalue weighted by molar-refractivity contribution is 7.10. The van der Waals surface area contributed by atoms with Crippen molar-refractivity contribution in [2.24, 2.45) is 0 Å². The maximum absolute atomic E-state index is 12.2. The summed E-state index contributed by atoms with van der Waals surface area (Å²) >= 11 is 1.66. The molecule has 152 valence electrons. The van der Waals surface area contributed by atoms with Crippen molar-refractivity contribution >= 4 is 23.2 Å². The topological polar surface area (TPSA) is 69.6 Å². The summed E-state index contributed by atoms with van der Waals surface area (Å²) in [5.74, 6) is -0.646. The number of nitrogens with one attached hydrogen (secondary N) is 1. The van der Waals surface area contributed by atoms with Crippen molar-refractivity contribution in [3.05, 3.63) is 46.2 Å². The van der Waals surface area contributed by atoms with Crippen LogP contribution in [-0.2, 0) is 22.6 Å². The maximum Gasteiger partial charge on any atom is 0.321 e. The minimum Gasteiger partial charge on any atom is -0.480 e. The normalized spacial score (nSPS) is 12.0. The zero-order chi connectivity index (χ0) is 20.5. The van der Waals surface area contributed by atoms with Crippen molar-refractivity contribution in [2.45, 2.75) is 51.6 Å². The number of thiophene rings is 1. The van der Waals surface area contributed by atoms with Gasteiger partial charge in [-0.3, -0.25) is 9.59 Å². The standard InChI is InChI=1S/C22H30N2O3S/c1-4-5-6-7-21(25)24(3)14-19-13-18(15-28-19)17-10-8-16(9-11-17)12-20(23-2)22(26)27/h8-11,13,15,20,23H,4-7,12,14H2,1-3H3,(H,26,27)/t20-/m0/s1. The van der Waals surface area contributed by atoms with E-state index >= 15 is 0 Å². The number of rotatable bonds is 11. The number of carbonyl (C=O) groups excluding carboxylic acids is 1. The van der Waals surface area contributed by atoms with Crippen LogP contribution in [0.3, 0.4) is 0 Å². The summed E-state index contributed by atoms with van der Waals surface area (Å²) in [5, 5.41) is 14.1. The Balaban J connectivity index is 1.96. The van der Waals surface area contributed by atoms with Crippen LogP contribution in [0.1, 0.15) is 43.0 Å². The van der Waals surface area contributed by atoms with Crippen molar-refractivity contribution in [2.75, 3.05) is 14.1 Å². The van der Waals surface area contributed by atoms with E-state index in [2.05, 4.69) is 23.7 Å². The highest BCUT2D eigenvalue weighted by atomic mass is 32.1. The van der Waals surface area contributed by atoms with Gasteiger partial charge in [0.05, 0.1) is 6.54 Å². The number of carboxylic acids is 1. The van der Waals surface area contributed by atoms with E-state index in [4.69, 9.17) is 5.11 Å². The van der Waals surface area contributed by atoms with Crippen LogP contribution < -0.4 is 5.32 Å². The fourth-order valence-electron chi connectivity index (χ4n) is 3.04. The van der Waals surface area contributed by atoms with E-state index in [1.165, 1.54) is 0 Å². The van der Waals surface area contributed by atoms with E-state index in [9.17, 15) is 9.59 Å². The molecule has 1 heterocycles. The highest BCUT2D eigenvalue weighted by Crippen LogP contribution is 2.27. The van der Waals surface area contributed by atoms with Gasteiger partial charge in [0.15, 0.2) is 0 Å². The molecule has 5 nitrogen and oxygen atoms in total. The molecule has 2 N–H and O–H groups in total. The summed E-state index contributed by atoms with van der Waals surface area (Å²) in [6.45, 7) is 2.77. The van der Waals surface area contributed by atoms with Gasteiger partial charge in [-0.15, -0.1) is 11.3 Å². The number of unbranched alkanes of at least 4 members (excludes halogenated alkanes) is 2. The third-order valence-electron chi connectivity index (χ3n) is 4.84. The van der Waals surface area contributed by atoms with Gasteiger partial charge in [-0.2, -0.15) is 0 Å². The number of hydrogen-bond acceptors (Lipinski definition) is 4. The fourth-order valence-corrected chi connectivity index (χ4v) is 3.98. The summed E-state index contributed by atoms with van der Waals surface area (Å²) in [4.78, 5) is 26.3. The Hall–Kier alpha value is -2.18. The lowest BCUT2D eigenvalue weighted by Crippen LogP contribution is -2.35. The molecule has 1 aromatic heterocycles. The minimum atomic E-state index is -0.845. The summed E-state index contributed by atoms with van der Waals surface area (Å²) in [6.07, 6.45) is 4.24. The third kappa shape index (κ3) is 6.46. The van der Waals surface area contributed by atoms with E-state index in [1.54, 1.807) is 23.3 Å². The largest absolute Gasteiger partial charge is 0.480 e. The van der Waals surface area contributed by atoms with Crippen molar-refractivity contribution < 1.29 is 14.7 Å². The maximum atomic E-state index is 12.2. The van der Waals surface area contributed by atoms with Crippen LogP contribution in [-0.4, -0.2) is 42.0 Å². The average Bonchev–Trinajstić information content (AvgIpc) is 3.14. The number of amides is 1. The molecule has 0 unspecified atom stereocenters. The van der Waals surface area contributed by atoms with E-state index in [0.29, 0.717) is 19.4 Å². The van der Waals surface area contributed by atoms with Gasteiger partial charge in [0.25, 0.3) is 0 Å². The van der Waals surface area contributed by atoms with Crippen LogP contribution >= 0.6 is 11.3 Å². The molecule has 0 saturated heterocycles. The van der Waals surface area contributed by atoms with Crippen LogP contribution in [0, 0.1) is 0 Å². The lowest BCUT2D eigenvalue weighted by atomic mass is 10.0. The molecule has 0 spiro atoms. The predicted octanol–water partition coefficient (Wildman–Crippen LogP) is 4.17. The first-order valence-corrected chi connectivity index (χ1v) is 10.6. The fraction of sp³-hybridized carbons (Fsp3) is 0.455. The quantitative estimate of drug-likeness (QED) is 0.554. The zero-order valence-electron chi connectivity index (χ0n) is 16.9. The predicted molar refractivity (Wildman–Crippen MR) is 115 cm³/mol. The van der Waals surface area contributed by atoms with Crippen molar-refractivity contribution in [3.63, 3.8) is 0 Å². The van der Waals surface area contributed by atoms with Gasteiger partial charge in [-0.05, 0) is 48.0 Å². The number of aliphatic carboxylic acids is 1. The molecule has 6 heteroatoms. The lowest BCUT2D eigenvalue weighted by molar-refractivity contribution is -0.139. The first-order valence-electron chi connectivity index (χ1n) is 9.75. The molecular weight excluding hydrogens is 372 g/mol. The molecule has 28 heavy (non-hydrogen) atoms. The van der Waals surface area contributed by atoms with E-state index in [1.807, 2.05) is 31.3 Å². The Kier molecular flexibility index (Phi) is 8.67. The summed E-state index contributed by atoms with van der Waals surface area (Å²) in [6, 6.07) is 9.55. The molecule has 0 bridgehead atoms. The molecule has 0 aliphatic rings. The van der Waals surface area contributed by atoms with Gasteiger partial charge in [0.1, 0.15) is 6.04 Å². The molecule has 0 radical (unpaired) electrons. The number of likely N-dealkylation sites (N-methyl/N-ethyl adjacent to an activating group) is 1. The second kappa shape index (κ2) is 11.0. The molecule has 0 aliphatic carbocycles. The van der Waals surface area contributed by atoms with Crippen molar-refractivity contribution in [1.82, 2.24) is 10.2 Å². The monoisotopic (exact) mass is 402 g/mol. The van der Waals surface area contributed by atoms with E-state index in [-0.39, 0.29) is 5.91 Å². The highest BCUT2D eigenvalue weighted by Gasteiger charge is 2.15. The van der Waals surface area contributed by atoms with E-state index < -0.39 is 12.0 Å². The van der Waals surface area contributed by atoms with Crippen LogP contribution in [0.5, 0.6) is 0 Å². The second-order valence-corrected chi connectivity index (χ2v) is 8.08. The van der Waals surface area contributed by atoms with Crippen LogP contribution in [0.25, 0.3) is 11.1 Å². The van der Waals surface area contributed by atoms with Crippen molar-refractivity contribution in [3.8, 4) is 11.1 Å². The van der Waals surface area contributed by atoms with Gasteiger partial charge in [-0.1, -0.05) is 44.0 Å². The number of hydrogen-bond donors (Lipinski definition) is 2. The molecular formula is C22H30N2O3S. The molecule has 0 aliphatic heterocycles. The lowest BCUT2D eigenvalue weighted by Gasteiger charge is -2.16.